The predicted molar refractivity (Wildman–Crippen MR) is 252 cm³/mol. The highest BCUT2D eigenvalue weighted by molar-refractivity contribution is 9.10. The van der Waals surface area contributed by atoms with E-state index in [2.05, 4.69) is 225 Å². The van der Waals surface area contributed by atoms with E-state index in [0.29, 0.717) is 0 Å². The molecule has 2 nitrogen and oxygen atoms in total. The molecule has 0 unspecified atom stereocenters. The fraction of sp³-hybridized carbons (Fsp3) is 0. The van der Waals surface area contributed by atoms with Gasteiger partial charge in [-0.15, -0.1) is 11.3 Å². The Bertz CT molecular complexity index is 3590. The standard InChI is InChI=1S/C54H33BrN2S/c55-40-28-38(36-21-24-51-46(31-36)43-15-4-7-18-49(43)56(51)41-14-10-13-35(30-41)34-11-2-1-3-12-34)27-39(29-40)37-22-25-52-47(32-37)44-16-5-8-19-50(44)57(52)42-23-26-54-48(33-42)45-17-6-9-20-53(45)58-54/h1-33H. The summed E-state index contributed by atoms with van der Waals surface area (Å²) in [7, 11) is 0. The van der Waals surface area contributed by atoms with Crippen molar-refractivity contribution in [3.63, 3.8) is 0 Å². The lowest BCUT2D eigenvalue weighted by Gasteiger charge is -2.12. The second-order valence-electron chi connectivity index (χ2n) is 15.1. The van der Waals surface area contributed by atoms with Crippen molar-refractivity contribution in [1.82, 2.24) is 9.13 Å². The van der Waals surface area contributed by atoms with Crippen LogP contribution in [0.15, 0.2) is 205 Å². The molecule has 0 N–H and O–H groups in total. The first kappa shape index (κ1) is 33.4. The van der Waals surface area contributed by atoms with Crippen LogP contribution in [0, 0.1) is 0 Å². The fourth-order valence-electron chi connectivity index (χ4n) is 9.09. The summed E-state index contributed by atoms with van der Waals surface area (Å²) in [5.41, 5.74) is 14.3. The number of hydrogen-bond acceptors (Lipinski definition) is 1. The van der Waals surface area contributed by atoms with Crippen molar-refractivity contribution in [3.05, 3.63) is 205 Å². The fourth-order valence-corrected chi connectivity index (χ4v) is 10.7. The Labute approximate surface area is 347 Å². The molecule has 0 spiro atoms. The van der Waals surface area contributed by atoms with Gasteiger partial charge in [0, 0.05) is 57.6 Å². The van der Waals surface area contributed by atoms with Gasteiger partial charge in [-0.25, -0.2) is 0 Å². The molecule has 0 bridgehead atoms. The van der Waals surface area contributed by atoms with Crippen molar-refractivity contribution in [2.45, 2.75) is 0 Å². The Morgan fingerprint density at radius 1 is 0.293 bits per heavy atom. The third-order valence-corrected chi connectivity index (χ3v) is 13.3. The summed E-state index contributed by atoms with van der Waals surface area (Å²) >= 11 is 5.77. The Morgan fingerprint density at radius 3 is 1.48 bits per heavy atom. The van der Waals surface area contributed by atoms with Gasteiger partial charge in [-0.3, -0.25) is 0 Å². The van der Waals surface area contributed by atoms with Crippen LogP contribution < -0.4 is 0 Å². The molecule has 272 valence electrons. The summed E-state index contributed by atoms with van der Waals surface area (Å²) in [4.78, 5) is 0. The number of para-hydroxylation sites is 2. The van der Waals surface area contributed by atoms with Gasteiger partial charge in [0.25, 0.3) is 0 Å². The monoisotopic (exact) mass is 820 g/mol. The molecule has 4 heteroatoms. The molecule has 0 aliphatic rings. The number of hydrogen-bond donors (Lipinski definition) is 0. The molecular weight excluding hydrogens is 789 g/mol. The molecule has 0 saturated heterocycles. The number of thiophene rings is 1. The molecule has 9 aromatic carbocycles. The third kappa shape index (κ3) is 5.30. The Kier molecular flexibility index (Phi) is 7.59. The second-order valence-corrected chi connectivity index (χ2v) is 17.1. The molecule has 3 heterocycles. The zero-order valence-corrected chi connectivity index (χ0v) is 33.6. The molecule has 12 rings (SSSR count). The molecule has 0 aliphatic carbocycles. The maximum atomic E-state index is 3.91. The van der Waals surface area contributed by atoms with Crippen molar-refractivity contribution < 1.29 is 0 Å². The lowest BCUT2D eigenvalue weighted by molar-refractivity contribution is 1.18. The summed E-state index contributed by atoms with van der Waals surface area (Å²) in [5.74, 6) is 0. The molecule has 0 aliphatic heterocycles. The van der Waals surface area contributed by atoms with Crippen LogP contribution in [-0.2, 0) is 0 Å². The first-order valence-corrected chi connectivity index (χ1v) is 21.2. The molecule has 0 radical (unpaired) electrons. The van der Waals surface area contributed by atoms with Crippen molar-refractivity contribution in [1.29, 1.82) is 0 Å². The Hall–Kier alpha value is -6.72. The third-order valence-electron chi connectivity index (χ3n) is 11.7. The quantitative estimate of drug-likeness (QED) is 0.164. The normalized spacial score (nSPS) is 11.9. The molecule has 12 aromatic rings. The molecule has 3 aromatic heterocycles. The topological polar surface area (TPSA) is 9.86 Å². The van der Waals surface area contributed by atoms with Crippen LogP contribution in [0.25, 0.3) is 109 Å². The van der Waals surface area contributed by atoms with Crippen LogP contribution in [0.4, 0.5) is 0 Å². The van der Waals surface area contributed by atoms with Crippen molar-refractivity contribution in [2.75, 3.05) is 0 Å². The molecule has 0 saturated carbocycles. The predicted octanol–water partition coefficient (Wildman–Crippen LogP) is 16.0. The summed E-state index contributed by atoms with van der Waals surface area (Å²) in [6, 6.07) is 73.4. The minimum Gasteiger partial charge on any atom is -0.309 e. The van der Waals surface area contributed by atoms with E-state index in [-0.39, 0.29) is 0 Å². The van der Waals surface area contributed by atoms with Crippen LogP contribution in [0.2, 0.25) is 0 Å². The van der Waals surface area contributed by atoms with E-state index in [4.69, 9.17) is 0 Å². The van der Waals surface area contributed by atoms with E-state index < -0.39 is 0 Å². The number of benzene rings is 9. The summed E-state index contributed by atoms with van der Waals surface area (Å²) in [6.07, 6.45) is 0. The second kappa shape index (κ2) is 13.2. The first-order chi connectivity index (χ1) is 28.6. The van der Waals surface area contributed by atoms with Crippen molar-refractivity contribution in [3.8, 4) is 44.8 Å². The smallest absolute Gasteiger partial charge is 0.0541 e. The van der Waals surface area contributed by atoms with Crippen LogP contribution in [0.5, 0.6) is 0 Å². The maximum absolute atomic E-state index is 3.91. The number of aromatic nitrogens is 2. The zero-order chi connectivity index (χ0) is 38.3. The van der Waals surface area contributed by atoms with Gasteiger partial charge in [-0.1, -0.05) is 125 Å². The van der Waals surface area contributed by atoms with Gasteiger partial charge in [-0.2, -0.15) is 0 Å². The van der Waals surface area contributed by atoms with Gasteiger partial charge in [0.2, 0.25) is 0 Å². The van der Waals surface area contributed by atoms with Gasteiger partial charge in [0.1, 0.15) is 0 Å². The van der Waals surface area contributed by atoms with E-state index in [1.807, 2.05) is 11.3 Å². The average molecular weight is 822 g/mol. The maximum Gasteiger partial charge on any atom is 0.0541 e. The van der Waals surface area contributed by atoms with E-state index >= 15 is 0 Å². The van der Waals surface area contributed by atoms with E-state index in [1.54, 1.807) is 0 Å². The van der Waals surface area contributed by atoms with Gasteiger partial charge >= 0.3 is 0 Å². The summed E-state index contributed by atoms with van der Waals surface area (Å²) < 4.78 is 8.53. The number of fused-ring (bicyclic) bond motifs is 9. The number of nitrogens with zero attached hydrogens (tertiary/aromatic N) is 2. The van der Waals surface area contributed by atoms with Crippen LogP contribution in [0.1, 0.15) is 0 Å². The average Bonchev–Trinajstić information content (AvgIpc) is 3.93. The van der Waals surface area contributed by atoms with Crippen LogP contribution >= 0.6 is 27.3 Å². The highest BCUT2D eigenvalue weighted by atomic mass is 79.9. The molecule has 0 fully saturated rings. The van der Waals surface area contributed by atoms with Gasteiger partial charge in [0.15, 0.2) is 0 Å². The van der Waals surface area contributed by atoms with Gasteiger partial charge in [0.05, 0.1) is 22.1 Å². The van der Waals surface area contributed by atoms with E-state index in [9.17, 15) is 0 Å². The minimum atomic E-state index is 1.05. The molecule has 0 atom stereocenters. The zero-order valence-electron chi connectivity index (χ0n) is 31.2. The summed E-state index contributed by atoms with van der Waals surface area (Å²) in [5, 5.41) is 7.60. The lowest BCUT2D eigenvalue weighted by atomic mass is 9.97. The van der Waals surface area contributed by atoms with Crippen LogP contribution in [0.3, 0.4) is 0 Å². The number of halogens is 1. The summed E-state index contributed by atoms with van der Waals surface area (Å²) in [6.45, 7) is 0. The largest absolute Gasteiger partial charge is 0.309 e. The molecule has 58 heavy (non-hydrogen) atoms. The van der Waals surface area contributed by atoms with Gasteiger partial charge in [-0.05, 0) is 124 Å². The van der Waals surface area contributed by atoms with E-state index in [0.717, 1.165) is 10.2 Å². The minimum absolute atomic E-state index is 1.05. The highest BCUT2D eigenvalue weighted by Crippen LogP contribution is 2.41. The highest BCUT2D eigenvalue weighted by Gasteiger charge is 2.17. The first-order valence-electron chi connectivity index (χ1n) is 19.6. The Balaban J connectivity index is 0.972. The molecule has 0 amide bonds. The molecular formula is C54H33BrN2S. The van der Waals surface area contributed by atoms with Crippen molar-refractivity contribution >= 4 is 91.1 Å². The lowest BCUT2D eigenvalue weighted by Crippen LogP contribution is -1.94. The SMILES string of the molecule is Brc1cc(-c2ccc3c(c2)c2ccccc2n3-c2cccc(-c3ccccc3)c2)cc(-c2ccc3c(c2)c2ccccc2n3-c2ccc3sc4ccccc4c3c2)c1. The van der Waals surface area contributed by atoms with Gasteiger partial charge < -0.3 is 9.13 Å². The van der Waals surface area contributed by atoms with E-state index in [1.165, 1.54) is 103 Å². The number of rotatable bonds is 5. The van der Waals surface area contributed by atoms with Crippen LogP contribution in [-0.4, -0.2) is 9.13 Å². The Morgan fingerprint density at radius 2 is 0.810 bits per heavy atom. The van der Waals surface area contributed by atoms with Crippen molar-refractivity contribution in [2.24, 2.45) is 0 Å².